The molecule has 0 fully saturated rings. The number of benzene rings is 2. The first-order valence-corrected chi connectivity index (χ1v) is 8.09. The Bertz CT molecular complexity index is 838. The van der Waals surface area contributed by atoms with Gasteiger partial charge in [0.1, 0.15) is 5.75 Å². The van der Waals surface area contributed by atoms with Gasteiger partial charge in [-0.25, -0.2) is 0 Å². The van der Waals surface area contributed by atoms with Crippen LogP contribution in [0.15, 0.2) is 60.8 Å². The van der Waals surface area contributed by atoms with E-state index in [1.54, 1.807) is 12.0 Å². The number of amides is 1. The van der Waals surface area contributed by atoms with Crippen molar-refractivity contribution in [3.8, 4) is 5.75 Å². The molecule has 1 heterocycles. The van der Waals surface area contributed by atoms with Crippen molar-refractivity contribution in [3.63, 3.8) is 0 Å². The zero-order valence-electron chi connectivity index (χ0n) is 14.1. The summed E-state index contributed by atoms with van der Waals surface area (Å²) in [5, 5.41) is 1.20. The lowest BCUT2D eigenvalue weighted by Gasteiger charge is -2.19. The van der Waals surface area contributed by atoms with Gasteiger partial charge < -0.3 is 14.2 Å². The molecule has 2 aromatic carbocycles. The number of fused-ring (bicyclic) bond motifs is 1. The van der Waals surface area contributed by atoms with E-state index in [0.29, 0.717) is 19.5 Å². The highest BCUT2D eigenvalue weighted by Crippen LogP contribution is 2.19. The number of aromatic nitrogens is 1. The number of carbonyl (C=O) groups excluding carboxylic acids is 1. The monoisotopic (exact) mass is 322 g/mol. The molecule has 0 N–H and O–H groups in total. The van der Waals surface area contributed by atoms with Crippen LogP contribution < -0.4 is 4.74 Å². The minimum atomic E-state index is 0.124. The molecule has 24 heavy (non-hydrogen) atoms. The summed E-state index contributed by atoms with van der Waals surface area (Å²) >= 11 is 0. The second kappa shape index (κ2) is 7.21. The summed E-state index contributed by atoms with van der Waals surface area (Å²) in [6.45, 7) is 1.23. The van der Waals surface area contributed by atoms with Crippen LogP contribution in [0.5, 0.6) is 5.75 Å². The maximum absolute atomic E-state index is 12.5. The van der Waals surface area contributed by atoms with E-state index in [4.69, 9.17) is 4.74 Å². The third kappa shape index (κ3) is 3.43. The van der Waals surface area contributed by atoms with Gasteiger partial charge in [-0.15, -0.1) is 0 Å². The van der Waals surface area contributed by atoms with Crippen LogP contribution in [-0.4, -0.2) is 29.5 Å². The third-order valence-electron chi connectivity index (χ3n) is 4.27. The quantitative estimate of drug-likeness (QED) is 0.693. The Morgan fingerprint density at radius 3 is 2.67 bits per heavy atom. The van der Waals surface area contributed by atoms with Crippen LogP contribution in [0.3, 0.4) is 0 Å². The smallest absolute Gasteiger partial charge is 0.224 e. The predicted octanol–water partition coefficient (Wildman–Crippen LogP) is 3.70. The highest BCUT2D eigenvalue weighted by Gasteiger charge is 2.12. The molecule has 0 radical (unpaired) electrons. The molecule has 4 heteroatoms. The lowest BCUT2D eigenvalue weighted by molar-refractivity contribution is -0.130. The molecular formula is C20H22N2O2. The summed E-state index contributed by atoms with van der Waals surface area (Å²) in [4.78, 5) is 14.2. The Hall–Kier alpha value is -2.75. The fourth-order valence-electron chi connectivity index (χ4n) is 2.92. The summed E-state index contributed by atoms with van der Waals surface area (Å²) in [7, 11) is 3.49. The van der Waals surface area contributed by atoms with Gasteiger partial charge in [0.05, 0.1) is 7.11 Å². The molecular weight excluding hydrogens is 300 g/mol. The van der Waals surface area contributed by atoms with Gasteiger partial charge in [-0.3, -0.25) is 4.79 Å². The summed E-state index contributed by atoms with van der Waals surface area (Å²) in [5.74, 6) is 0.937. The van der Waals surface area contributed by atoms with Crippen LogP contribution in [-0.2, 0) is 17.9 Å². The van der Waals surface area contributed by atoms with Gasteiger partial charge in [0.15, 0.2) is 0 Å². The zero-order chi connectivity index (χ0) is 16.9. The molecule has 0 saturated carbocycles. The second-order valence-electron chi connectivity index (χ2n) is 5.88. The summed E-state index contributed by atoms with van der Waals surface area (Å²) in [6, 6.07) is 18.1. The molecule has 0 aliphatic rings. The highest BCUT2D eigenvalue weighted by molar-refractivity contribution is 5.80. The lowest BCUT2D eigenvalue weighted by atomic mass is 10.2. The van der Waals surface area contributed by atoms with Crippen LogP contribution in [0.25, 0.3) is 10.9 Å². The van der Waals surface area contributed by atoms with Gasteiger partial charge >= 0.3 is 0 Å². The zero-order valence-corrected chi connectivity index (χ0v) is 14.1. The number of ether oxygens (including phenoxy) is 1. The largest absolute Gasteiger partial charge is 0.496 e. The van der Waals surface area contributed by atoms with Crippen molar-refractivity contribution < 1.29 is 9.53 Å². The number of hydrogen-bond acceptors (Lipinski definition) is 2. The van der Waals surface area contributed by atoms with Crippen molar-refractivity contribution in [2.45, 2.75) is 19.5 Å². The van der Waals surface area contributed by atoms with E-state index in [1.807, 2.05) is 49.6 Å². The number of methoxy groups -OCH3 is 1. The first-order valence-electron chi connectivity index (χ1n) is 8.09. The van der Waals surface area contributed by atoms with Gasteiger partial charge in [0, 0.05) is 43.8 Å². The minimum Gasteiger partial charge on any atom is -0.496 e. The van der Waals surface area contributed by atoms with Crippen molar-refractivity contribution in [1.82, 2.24) is 9.47 Å². The van der Waals surface area contributed by atoms with Crippen molar-refractivity contribution in [3.05, 3.63) is 66.4 Å². The number of rotatable bonds is 6. The van der Waals surface area contributed by atoms with Crippen molar-refractivity contribution >= 4 is 16.8 Å². The van der Waals surface area contributed by atoms with E-state index in [0.717, 1.165) is 16.8 Å². The van der Waals surface area contributed by atoms with E-state index in [1.165, 1.54) is 5.39 Å². The van der Waals surface area contributed by atoms with Crippen molar-refractivity contribution in [2.75, 3.05) is 14.2 Å². The van der Waals surface area contributed by atoms with E-state index in [2.05, 4.69) is 22.8 Å². The molecule has 0 bridgehead atoms. The Morgan fingerprint density at radius 2 is 1.83 bits per heavy atom. The average Bonchev–Trinajstić information content (AvgIpc) is 3.03. The Labute approximate surface area is 142 Å². The Balaban J connectivity index is 1.62. The second-order valence-corrected chi connectivity index (χ2v) is 5.88. The number of para-hydroxylation sites is 2. The molecule has 0 aliphatic heterocycles. The molecule has 0 spiro atoms. The van der Waals surface area contributed by atoms with E-state index in [-0.39, 0.29) is 5.91 Å². The molecule has 3 rings (SSSR count). The maximum Gasteiger partial charge on any atom is 0.224 e. The van der Waals surface area contributed by atoms with Crippen LogP contribution in [0.2, 0.25) is 0 Å². The van der Waals surface area contributed by atoms with Crippen LogP contribution in [0.4, 0.5) is 0 Å². The standard InChI is InChI=1S/C20H22N2O2/c1-21(15-17-8-4-6-10-19(17)24-2)20(23)12-14-22-13-11-16-7-3-5-9-18(16)22/h3-11,13H,12,14-15H2,1-2H3. The predicted molar refractivity (Wildman–Crippen MR) is 96.0 cm³/mol. The van der Waals surface area contributed by atoms with Crippen LogP contribution in [0.1, 0.15) is 12.0 Å². The number of aryl methyl sites for hydroxylation is 1. The van der Waals surface area contributed by atoms with E-state index in [9.17, 15) is 4.79 Å². The van der Waals surface area contributed by atoms with Gasteiger partial charge in [0.2, 0.25) is 5.91 Å². The van der Waals surface area contributed by atoms with Crippen LogP contribution >= 0.6 is 0 Å². The SMILES string of the molecule is COc1ccccc1CN(C)C(=O)CCn1ccc2ccccc21. The molecule has 0 aliphatic carbocycles. The Morgan fingerprint density at radius 1 is 1.08 bits per heavy atom. The molecule has 4 nitrogen and oxygen atoms in total. The fraction of sp³-hybridized carbons (Fsp3) is 0.250. The van der Waals surface area contributed by atoms with Gasteiger partial charge in [-0.2, -0.15) is 0 Å². The summed E-state index contributed by atoms with van der Waals surface area (Å²) < 4.78 is 7.48. The normalized spacial score (nSPS) is 10.8. The highest BCUT2D eigenvalue weighted by atomic mass is 16.5. The fourth-order valence-corrected chi connectivity index (χ4v) is 2.92. The molecule has 0 unspecified atom stereocenters. The molecule has 124 valence electrons. The molecule has 1 amide bonds. The van der Waals surface area contributed by atoms with Crippen molar-refractivity contribution in [1.29, 1.82) is 0 Å². The Kier molecular flexibility index (Phi) is 4.85. The molecule has 3 aromatic rings. The molecule has 0 saturated heterocycles. The topological polar surface area (TPSA) is 34.5 Å². The number of carbonyl (C=O) groups is 1. The first kappa shape index (κ1) is 16.1. The average molecular weight is 322 g/mol. The van der Waals surface area contributed by atoms with Crippen LogP contribution in [0, 0.1) is 0 Å². The van der Waals surface area contributed by atoms with Crippen molar-refractivity contribution in [2.24, 2.45) is 0 Å². The first-order chi connectivity index (χ1) is 11.7. The van der Waals surface area contributed by atoms with Gasteiger partial charge in [-0.05, 0) is 23.6 Å². The van der Waals surface area contributed by atoms with Gasteiger partial charge in [0.25, 0.3) is 0 Å². The minimum absolute atomic E-state index is 0.124. The maximum atomic E-state index is 12.5. The summed E-state index contributed by atoms with van der Waals surface area (Å²) in [6.07, 6.45) is 2.52. The van der Waals surface area contributed by atoms with E-state index >= 15 is 0 Å². The third-order valence-corrected chi connectivity index (χ3v) is 4.27. The number of nitrogens with zero attached hydrogens (tertiary/aromatic N) is 2. The lowest BCUT2D eigenvalue weighted by Crippen LogP contribution is -2.27. The van der Waals surface area contributed by atoms with Gasteiger partial charge in [-0.1, -0.05) is 36.4 Å². The number of hydrogen-bond donors (Lipinski definition) is 0. The summed E-state index contributed by atoms with van der Waals surface area (Å²) in [5.41, 5.74) is 2.18. The molecule has 1 aromatic heterocycles. The van der Waals surface area contributed by atoms with E-state index < -0.39 is 0 Å². The molecule has 0 atom stereocenters.